The SMILES string of the molecule is CC/C=C\C/C=C\C/C=C\C/C=C\C/C=C\C/C=C\CCC(=O)OCC(COP(=O)(O)OCC(O)COP(=O)(O)OCC(COC(=O)C/C=C\C/C=C\C/C=C\C/C=C\C/C=C\CC)OC(=O)CCCCCCC/C=C\C/C=C\C/C=C\CC)OC(=O)CCCCCCC/C=C\CCCCCCCC. The van der Waals surface area contributed by atoms with E-state index in [0.29, 0.717) is 32.1 Å². The Balaban J connectivity index is 5.52. The van der Waals surface area contributed by atoms with E-state index >= 15 is 0 Å². The molecule has 0 rings (SSSR count). The van der Waals surface area contributed by atoms with Crippen LogP contribution in [0, 0.1) is 0 Å². The monoisotopic (exact) mass is 1490 g/mol. The molecule has 5 atom stereocenters. The zero-order valence-corrected chi connectivity index (χ0v) is 65.9. The standard InChI is InChI=1S/C85H136O17P2/c1-5-9-13-17-21-25-29-33-37-38-39-40-44-46-50-54-58-62-66-70-83(88)96-76-81(102-85(90)72-68-64-60-56-52-48-43-36-32-28-24-20-16-12-8-4)78-100-104(93,94)98-74-79(86)73-97-103(91,92)99-77-80(101-84(89)71-67-63-59-55-51-47-42-35-31-27-23-19-15-11-7-3)75-95-82(87)69-65-61-57-53-49-45-41-34-30-26-22-18-14-10-6-2/h9-11,13-15,21-23,25-27,33-37,39-43,46,49-50,53,58,61-62,65,79-81,86H,5-8,12,16-20,24,28-32,38,44-45,47-48,51-52,54-57,59-60,63-64,66-78H2,1-4H3,(H,91,92)(H,93,94)/b13-9-,14-10-,15-11-,25-21-,26-22-,27-23-,37-33-,40-39-,41-34-,42-35-,43-36-,50-46-,53-49-,62-58-,65-61-. The fraction of sp³-hybridized carbons (Fsp3) is 0.600. The van der Waals surface area contributed by atoms with Crippen molar-refractivity contribution in [3.05, 3.63) is 182 Å². The van der Waals surface area contributed by atoms with Gasteiger partial charge in [0.05, 0.1) is 32.8 Å². The van der Waals surface area contributed by atoms with Gasteiger partial charge in [-0.15, -0.1) is 0 Å². The van der Waals surface area contributed by atoms with Gasteiger partial charge in [-0.3, -0.25) is 37.3 Å². The molecular weight excluding hydrogens is 1350 g/mol. The van der Waals surface area contributed by atoms with E-state index in [9.17, 15) is 43.2 Å². The van der Waals surface area contributed by atoms with Crippen molar-refractivity contribution in [2.75, 3.05) is 39.6 Å². The molecule has 5 unspecified atom stereocenters. The Labute approximate surface area is 628 Å². The number of aliphatic hydroxyl groups is 1. The minimum absolute atomic E-state index is 0.0265. The van der Waals surface area contributed by atoms with Crippen molar-refractivity contribution in [3.8, 4) is 0 Å². The van der Waals surface area contributed by atoms with Crippen LogP contribution in [0.1, 0.15) is 272 Å². The second kappa shape index (κ2) is 75.4. The van der Waals surface area contributed by atoms with E-state index in [1.807, 2.05) is 36.5 Å². The van der Waals surface area contributed by atoms with Crippen molar-refractivity contribution in [3.63, 3.8) is 0 Å². The van der Waals surface area contributed by atoms with Crippen molar-refractivity contribution in [2.45, 2.75) is 290 Å². The molecule has 0 aliphatic rings. The van der Waals surface area contributed by atoms with E-state index < -0.39 is 97.5 Å². The minimum Gasteiger partial charge on any atom is -0.462 e. The number of rotatable bonds is 71. The van der Waals surface area contributed by atoms with E-state index in [0.717, 1.165) is 148 Å². The summed E-state index contributed by atoms with van der Waals surface area (Å²) in [7, 11) is -10.0. The Morgan fingerprint density at radius 2 is 0.558 bits per heavy atom. The number of ether oxygens (including phenoxy) is 4. The second-order valence-electron chi connectivity index (χ2n) is 25.2. The third-order valence-electron chi connectivity index (χ3n) is 15.4. The topological polar surface area (TPSA) is 237 Å². The van der Waals surface area contributed by atoms with Crippen LogP contribution in [-0.4, -0.2) is 96.7 Å². The van der Waals surface area contributed by atoms with Crippen LogP contribution in [0.15, 0.2) is 182 Å². The largest absolute Gasteiger partial charge is 0.472 e. The lowest BCUT2D eigenvalue weighted by molar-refractivity contribution is -0.161. The number of phosphoric ester groups is 2. The maximum Gasteiger partial charge on any atom is 0.472 e. The highest BCUT2D eigenvalue weighted by Crippen LogP contribution is 2.45. The van der Waals surface area contributed by atoms with Crippen LogP contribution < -0.4 is 0 Å². The van der Waals surface area contributed by atoms with Gasteiger partial charge in [0.1, 0.15) is 19.3 Å². The Hall–Kier alpha value is -5.84. The molecule has 0 aliphatic carbocycles. The summed E-state index contributed by atoms with van der Waals surface area (Å²) >= 11 is 0. The fourth-order valence-corrected chi connectivity index (χ4v) is 11.1. The molecule has 0 aromatic heterocycles. The zero-order chi connectivity index (χ0) is 76.0. The molecule has 0 saturated carbocycles. The first-order valence-electron chi connectivity index (χ1n) is 39.0. The lowest BCUT2D eigenvalue weighted by Gasteiger charge is -2.21. The van der Waals surface area contributed by atoms with Gasteiger partial charge in [-0.1, -0.05) is 281 Å². The van der Waals surface area contributed by atoms with Gasteiger partial charge in [-0.05, 0) is 148 Å². The van der Waals surface area contributed by atoms with Gasteiger partial charge >= 0.3 is 39.5 Å². The number of allylic oxidation sites excluding steroid dienone is 29. The number of carbonyl (C=O) groups is 4. The van der Waals surface area contributed by atoms with Gasteiger partial charge < -0.3 is 33.8 Å². The van der Waals surface area contributed by atoms with Crippen LogP contribution in [0.3, 0.4) is 0 Å². The molecule has 0 fully saturated rings. The first kappa shape index (κ1) is 98.2. The van der Waals surface area contributed by atoms with E-state index in [1.165, 1.54) is 38.5 Å². The molecule has 0 bridgehead atoms. The summed E-state index contributed by atoms with van der Waals surface area (Å²) in [6.45, 7) is 4.27. The molecule has 0 aliphatic heterocycles. The number of aliphatic hydroxyl groups excluding tert-OH is 1. The summed E-state index contributed by atoms with van der Waals surface area (Å²) in [4.78, 5) is 72.9. The fourth-order valence-electron chi connectivity index (χ4n) is 9.56. The predicted octanol–water partition coefficient (Wildman–Crippen LogP) is 22.8. The van der Waals surface area contributed by atoms with Gasteiger partial charge in [0.25, 0.3) is 0 Å². The van der Waals surface area contributed by atoms with Crippen molar-refractivity contribution in [1.29, 1.82) is 0 Å². The van der Waals surface area contributed by atoms with E-state index in [-0.39, 0.29) is 25.7 Å². The smallest absolute Gasteiger partial charge is 0.462 e. The molecule has 0 spiro atoms. The Morgan fingerprint density at radius 3 is 0.904 bits per heavy atom. The molecule has 588 valence electrons. The zero-order valence-electron chi connectivity index (χ0n) is 64.1. The van der Waals surface area contributed by atoms with Gasteiger partial charge in [0, 0.05) is 19.3 Å². The maximum atomic E-state index is 13.1. The molecule has 0 amide bonds. The van der Waals surface area contributed by atoms with Gasteiger partial charge in [-0.2, -0.15) is 0 Å². The summed E-state index contributed by atoms with van der Waals surface area (Å²) in [6, 6.07) is 0. The van der Waals surface area contributed by atoms with Crippen LogP contribution in [0.4, 0.5) is 0 Å². The normalized spacial score (nSPS) is 14.9. The molecule has 17 nitrogen and oxygen atoms in total. The molecule has 0 radical (unpaired) electrons. The molecule has 0 aromatic rings. The van der Waals surface area contributed by atoms with Gasteiger partial charge in [0.15, 0.2) is 12.2 Å². The van der Waals surface area contributed by atoms with Gasteiger partial charge in [0.2, 0.25) is 0 Å². The van der Waals surface area contributed by atoms with Crippen molar-refractivity contribution < 1.29 is 80.2 Å². The molecule has 0 heterocycles. The molecule has 19 heteroatoms. The molecule has 104 heavy (non-hydrogen) atoms. The Bertz CT molecular complexity index is 2690. The van der Waals surface area contributed by atoms with Gasteiger partial charge in [-0.25, -0.2) is 9.13 Å². The third-order valence-corrected chi connectivity index (χ3v) is 17.3. The molecular formula is C85H136O17P2. The average Bonchev–Trinajstić information content (AvgIpc) is 0.918. The minimum atomic E-state index is -5.01. The number of hydrogen-bond acceptors (Lipinski definition) is 15. The van der Waals surface area contributed by atoms with E-state index in [1.54, 1.807) is 6.08 Å². The molecule has 3 N–H and O–H groups in total. The Morgan fingerprint density at radius 1 is 0.288 bits per heavy atom. The summed E-state index contributed by atoms with van der Waals surface area (Å²) in [6.07, 6.45) is 90.7. The second-order valence-corrected chi connectivity index (χ2v) is 28.1. The van der Waals surface area contributed by atoms with Crippen LogP contribution in [-0.2, 0) is 65.4 Å². The number of esters is 4. The number of phosphoric acid groups is 2. The predicted molar refractivity (Wildman–Crippen MR) is 426 cm³/mol. The van der Waals surface area contributed by atoms with E-state index in [2.05, 4.69) is 167 Å². The average molecular weight is 1490 g/mol. The lowest BCUT2D eigenvalue weighted by atomic mass is 10.1. The van der Waals surface area contributed by atoms with Crippen LogP contribution in [0.25, 0.3) is 0 Å². The quantitative estimate of drug-likeness (QED) is 0.0169. The van der Waals surface area contributed by atoms with Crippen molar-refractivity contribution in [1.82, 2.24) is 0 Å². The summed E-state index contributed by atoms with van der Waals surface area (Å²) < 4.78 is 68.3. The summed E-state index contributed by atoms with van der Waals surface area (Å²) in [5.41, 5.74) is 0. The van der Waals surface area contributed by atoms with Crippen LogP contribution in [0.5, 0.6) is 0 Å². The van der Waals surface area contributed by atoms with Crippen molar-refractivity contribution in [2.24, 2.45) is 0 Å². The highest BCUT2D eigenvalue weighted by Gasteiger charge is 2.30. The van der Waals surface area contributed by atoms with Crippen molar-refractivity contribution >= 4 is 39.5 Å². The highest BCUT2D eigenvalue weighted by molar-refractivity contribution is 7.47. The Kier molecular flexibility index (Phi) is 71.2. The summed E-state index contributed by atoms with van der Waals surface area (Å²) in [5, 5.41) is 10.6. The first-order chi connectivity index (χ1) is 50.7. The van der Waals surface area contributed by atoms with Crippen LogP contribution >= 0.6 is 15.6 Å². The molecule has 0 saturated heterocycles. The van der Waals surface area contributed by atoms with Crippen LogP contribution in [0.2, 0.25) is 0 Å². The maximum absolute atomic E-state index is 13.1. The number of hydrogen-bond donors (Lipinski definition) is 3. The lowest BCUT2D eigenvalue weighted by Crippen LogP contribution is -2.30. The van der Waals surface area contributed by atoms with E-state index in [4.69, 9.17) is 37.0 Å². The first-order valence-corrected chi connectivity index (χ1v) is 42.0. The molecule has 0 aromatic carbocycles. The number of carbonyl (C=O) groups excluding carboxylic acids is 4. The highest BCUT2D eigenvalue weighted by atomic mass is 31.2. The third kappa shape index (κ3) is 74.4. The number of unbranched alkanes of at least 4 members (excludes halogenated alkanes) is 16. The summed E-state index contributed by atoms with van der Waals surface area (Å²) in [5.74, 6) is -2.47.